The molecule has 0 saturated carbocycles. The lowest BCUT2D eigenvalue weighted by molar-refractivity contribution is -0.163. The summed E-state index contributed by atoms with van der Waals surface area (Å²) in [5.41, 5.74) is 0.149. The zero-order valence-electron chi connectivity index (χ0n) is 15.2. The van der Waals surface area contributed by atoms with E-state index in [2.05, 4.69) is 10.2 Å². The number of thioether (sulfide) groups is 1. The maximum Gasteiger partial charge on any atom is 0.353 e. The zero-order chi connectivity index (χ0) is 18.6. The van der Waals surface area contributed by atoms with Crippen LogP contribution < -0.4 is 5.32 Å². The molecule has 8 heteroatoms. The van der Waals surface area contributed by atoms with Crippen LogP contribution in [0.3, 0.4) is 0 Å². The molecule has 4 heterocycles. The van der Waals surface area contributed by atoms with E-state index in [1.807, 2.05) is 6.92 Å². The van der Waals surface area contributed by atoms with Gasteiger partial charge in [0.05, 0.1) is 18.1 Å². The van der Waals surface area contributed by atoms with Gasteiger partial charge in [0.1, 0.15) is 5.70 Å². The molecule has 3 saturated heterocycles. The number of fused-ring (bicyclic) bond motifs is 1. The normalized spacial score (nSPS) is 38.7. The fourth-order valence-electron chi connectivity index (χ4n) is 4.99. The number of amides is 1. The van der Waals surface area contributed by atoms with Crippen LogP contribution in [0.4, 0.5) is 0 Å². The van der Waals surface area contributed by atoms with E-state index in [1.165, 1.54) is 11.3 Å². The van der Waals surface area contributed by atoms with Crippen LogP contribution in [-0.4, -0.2) is 81.5 Å². The first-order valence-corrected chi connectivity index (χ1v) is 10.4. The van der Waals surface area contributed by atoms with Gasteiger partial charge in [-0.25, -0.2) is 4.79 Å². The van der Waals surface area contributed by atoms with Crippen molar-refractivity contribution in [1.29, 1.82) is 0 Å². The molecule has 0 bridgehead atoms. The van der Waals surface area contributed by atoms with Crippen molar-refractivity contribution in [2.75, 3.05) is 26.2 Å². The molecule has 0 aromatic rings. The Kier molecular flexibility index (Phi) is 4.79. The number of β-lactam (4-membered cyclic amide) rings is 1. The summed E-state index contributed by atoms with van der Waals surface area (Å²) in [6.07, 6.45) is 1.47. The fraction of sp³-hybridized carbons (Fsp3) is 0.778. The second-order valence-electron chi connectivity index (χ2n) is 7.94. The third-order valence-electron chi connectivity index (χ3n) is 6.33. The van der Waals surface area contributed by atoms with E-state index in [-0.39, 0.29) is 23.6 Å². The lowest BCUT2D eigenvalue weighted by atomic mass is 9.79. The van der Waals surface area contributed by atoms with Gasteiger partial charge in [0.15, 0.2) is 0 Å². The minimum atomic E-state index is -1.03. The summed E-state index contributed by atoms with van der Waals surface area (Å²) in [6.45, 7) is 7.74. The molecule has 2 unspecified atom stereocenters. The molecule has 3 N–H and O–H groups in total. The Labute approximate surface area is 157 Å². The molecule has 0 radical (unpaired) electrons. The van der Waals surface area contributed by atoms with Crippen molar-refractivity contribution < 1.29 is 19.8 Å². The number of nitrogens with zero attached hydrogens (tertiary/aromatic N) is 2. The SMILES string of the molecule is CC(O)[C@H]1C(=O)N2C(C(=O)O)=C(S[C@@H]3CCN(C4CCNC4)C3)[C@H](C)[C@H]12. The van der Waals surface area contributed by atoms with Crippen LogP contribution in [0.15, 0.2) is 10.6 Å². The number of carboxylic acids is 1. The molecule has 6 atom stereocenters. The number of nitrogens with one attached hydrogen (secondary N) is 1. The highest BCUT2D eigenvalue weighted by Crippen LogP contribution is 2.51. The number of hydrogen-bond acceptors (Lipinski definition) is 6. The standard InChI is InChI=1S/C18H27N3O4S/c1-9-14-13(10(2)22)17(23)21(14)15(18(24)25)16(9)26-12-4-6-20(8-12)11-3-5-19-7-11/h9-14,19,22H,3-8H2,1-2H3,(H,24,25)/t9-,10?,11?,12-,13-,14-/m1/s1. The van der Waals surface area contributed by atoms with Crippen LogP contribution in [0.5, 0.6) is 0 Å². The number of likely N-dealkylation sites (tertiary alicyclic amines) is 1. The lowest BCUT2D eigenvalue weighted by Crippen LogP contribution is -2.63. The van der Waals surface area contributed by atoms with Gasteiger partial charge in [0.25, 0.3) is 0 Å². The van der Waals surface area contributed by atoms with Gasteiger partial charge in [0, 0.05) is 35.2 Å². The summed E-state index contributed by atoms with van der Waals surface area (Å²) in [5, 5.41) is 23.4. The van der Waals surface area contributed by atoms with Crippen LogP contribution in [-0.2, 0) is 9.59 Å². The lowest BCUT2D eigenvalue weighted by Gasteiger charge is -2.46. The molecular weight excluding hydrogens is 354 g/mol. The number of aliphatic carboxylic acids is 1. The highest BCUT2D eigenvalue weighted by atomic mass is 32.2. The monoisotopic (exact) mass is 381 g/mol. The molecule has 4 aliphatic rings. The molecule has 7 nitrogen and oxygen atoms in total. The maximum atomic E-state index is 12.4. The number of hydrogen-bond donors (Lipinski definition) is 3. The molecule has 1 amide bonds. The fourth-order valence-corrected chi connectivity index (χ4v) is 6.49. The van der Waals surface area contributed by atoms with E-state index < -0.39 is 18.0 Å². The van der Waals surface area contributed by atoms with Crippen LogP contribution in [0.1, 0.15) is 26.7 Å². The molecule has 0 aliphatic carbocycles. The molecule has 0 aromatic heterocycles. The van der Waals surface area contributed by atoms with Crippen LogP contribution in [0, 0.1) is 11.8 Å². The van der Waals surface area contributed by atoms with Crippen LogP contribution in [0.2, 0.25) is 0 Å². The molecule has 26 heavy (non-hydrogen) atoms. The largest absolute Gasteiger partial charge is 0.477 e. The van der Waals surface area contributed by atoms with Crippen molar-refractivity contribution in [2.45, 2.75) is 50.1 Å². The van der Waals surface area contributed by atoms with E-state index in [9.17, 15) is 19.8 Å². The third-order valence-corrected chi connectivity index (χ3v) is 7.87. The summed E-state index contributed by atoms with van der Waals surface area (Å²) < 4.78 is 0. The molecular formula is C18H27N3O4S. The molecule has 4 aliphatic heterocycles. The van der Waals surface area contributed by atoms with E-state index in [4.69, 9.17) is 0 Å². The number of carbonyl (C=O) groups excluding carboxylic acids is 1. The first kappa shape index (κ1) is 18.3. The smallest absolute Gasteiger partial charge is 0.353 e. The van der Waals surface area contributed by atoms with Gasteiger partial charge in [-0.3, -0.25) is 9.69 Å². The molecule has 4 rings (SSSR count). The van der Waals surface area contributed by atoms with Crippen LogP contribution in [0.25, 0.3) is 0 Å². The van der Waals surface area contributed by atoms with Gasteiger partial charge >= 0.3 is 5.97 Å². The third kappa shape index (κ3) is 2.78. The highest BCUT2D eigenvalue weighted by Gasteiger charge is 2.60. The van der Waals surface area contributed by atoms with Gasteiger partial charge in [-0.1, -0.05) is 6.92 Å². The minimum Gasteiger partial charge on any atom is -0.477 e. The molecule has 0 aromatic carbocycles. The van der Waals surface area contributed by atoms with Crippen molar-refractivity contribution in [3.63, 3.8) is 0 Å². The van der Waals surface area contributed by atoms with E-state index in [0.29, 0.717) is 11.3 Å². The average Bonchev–Trinajstić information content (AvgIpc) is 3.28. The number of aliphatic hydroxyl groups excluding tert-OH is 1. The van der Waals surface area contributed by atoms with Gasteiger partial charge < -0.3 is 20.4 Å². The van der Waals surface area contributed by atoms with Crippen molar-refractivity contribution in [3.8, 4) is 0 Å². The van der Waals surface area contributed by atoms with Gasteiger partial charge in [-0.2, -0.15) is 0 Å². The Morgan fingerprint density at radius 3 is 2.77 bits per heavy atom. The molecule has 144 valence electrons. The van der Waals surface area contributed by atoms with Crippen molar-refractivity contribution in [3.05, 3.63) is 10.6 Å². The number of carbonyl (C=O) groups is 2. The average molecular weight is 381 g/mol. The Morgan fingerprint density at radius 2 is 2.15 bits per heavy atom. The minimum absolute atomic E-state index is 0.0365. The first-order valence-electron chi connectivity index (χ1n) is 9.50. The summed E-state index contributed by atoms with van der Waals surface area (Å²) in [7, 11) is 0. The van der Waals surface area contributed by atoms with Gasteiger partial charge in [-0.15, -0.1) is 11.8 Å². The van der Waals surface area contributed by atoms with Gasteiger partial charge in [-0.05, 0) is 32.9 Å². The molecule has 0 spiro atoms. The number of aliphatic hydroxyl groups is 1. The summed E-state index contributed by atoms with van der Waals surface area (Å²) in [6, 6.07) is 0.378. The predicted molar refractivity (Wildman–Crippen MR) is 98.5 cm³/mol. The van der Waals surface area contributed by atoms with Gasteiger partial charge in [0.2, 0.25) is 5.91 Å². The topological polar surface area (TPSA) is 93.1 Å². The van der Waals surface area contributed by atoms with Crippen molar-refractivity contribution >= 4 is 23.6 Å². The highest BCUT2D eigenvalue weighted by molar-refractivity contribution is 8.03. The summed E-state index contributed by atoms with van der Waals surface area (Å²) in [4.78, 5) is 29.0. The quantitative estimate of drug-likeness (QED) is 0.590. The Hall–Kier alpha value is -1.09. The van der Waals surface area contributed by atoms with Crippen molar-refractivity contribution in [2.24, 2.45) is 11.8 Å². The first-order chi connectivity index (χ1) is 12.4. The Bertz CT molecular complexity index is 646. The Balaban J connectivity index is 1.50. The second-order valence-corrected chi connectivity index (χ2v) is 9.28. The summed E-state index contributed by atoms with van der Waals surface area (Å²) in [5.74, 6) is -1.81. The second kappa shape index (κ2) is 6.82. The van der Waals surface area contributed by atoms with Crippen LogP contribution >= 0.6 is 11.8 Å². The number of carboxylic acid groups (broad SMARTS) is 1. The summed E-state index contributed by atoms with van der Waals surface area (Å²) >= 11 is 1.65. The van der Waals surface area contributed by atoms with E-state index in [1.54, 1.807) is 18.7 Å². The predicted octanol–water partition coefficient (Wildman–Crippen LogP) is 0.310. The Morgan fingerprint density at radius 1 is 1.38 bits per heavy atom. The zero-order valence-corrected chi connectivity index (χ0v) is 16.0. The van der Waals surface area contributed by atoms with E-state index >= 15 is 0 Å². The van der Waals surface area contributed by atoms with E-state index in [0.717, 1.165) is 37.5 Å². The molecule has 3 fully saturated rings. The maximum absolute atomic E-state index is 12.4. The number of rotatable bonds is 5. The van der Waals surface area contributed by atoms with Crippen molar-refractivity contribution in [1.82, 2.24) is 15.1 Å².